The van der Waals surface area contributed by atoms with Crippen molar-refractivity contribution in [3.63, 3.8) is 0 Å². The lowest BCUT2D eigenvalue weighted by Crippen LogP contribution is -2.27. The van der Waals surface area contributed by atoms with E-state index in [1.54, 1.807) is 11.9 Å². The molecule has 4 nitrogen and oxygen atoms in total. The van der Waals surface area contributed by atoms with Crippen LogP contribution in [-0.2, 0) is 24.4 Å². The number of hydrogen-bond donors (Lipinski definition) is 0. The van der Waals surface area contributed by atoms with Gasteiger partial charge in [0, 0.05) is 17.3 Å². The summed E-state index contributed by atoms with van der Waals surface area (Å²) in [6, 6.07) is 11.7. The number of ether oxygens (including phenoxy) is 1. The molecule has 2 aromatic heterocycles. The van der Waals surface area contributed by atoms with Crippen molar-refractivity contribution in [1.82, 2.24) is 9.88 Å². The van der Waals surface area contributed by atoms with Gasteiger partial charge in [0.15, 0.2) is 0 Å². The van der Waals surface area contributed by atoms with E-state index in [9.17, 15) is 4.79 Å². The van der Waals surface area contributed by atoms with E-state index in [0.717, 1.165) is 25.7 Å². The lowest BCUT2D eigenvalue weighted by molar-refractivity contribution is -0.129. The van der Waals surface area contributed by atoms with Crippen molar-refractivity contribution in [2.45, 2.75) is 26.5 Å². The number of carbonyl (C=O) groups is 1. The number of nitrogens with zero attached hydrogens (tertiary/aromatic N) is 2. The van der Waals surface area contributed by atoms with E-state index < -0.39 is 0 Å². The second-order valence-electron chi connectivity index (χ2n) is 5.97. The average Bonchev–Trinajstić information content (AvgIpc) is 3.23. The quantitative estimate of drug-likeness (QED) is 0.557. The Hall–Kier alpha value is -1.89. The molecule has 0 aliphatic rings. The van der Waals surface area contributed by atoms with Crippen molar-refractivity contribution < 1.29 is 9.53 Å². The van der Waals surface area contributed by atoms with E-state index in [-0.39, 0.29) is 12.3 Å². The van der Waals surface area contributed by atoms with E-state index in [1.165, 1.54) is 28.2 Å². The van der Waals surface area contributed by atoms with Crippen molar-refractivity contribution in [1.29, 1.82) is 0 Å². The Labute approximate surface area is 166 Å². The molecule has 0 spiro atoms. The third-order valence-electron chi connectivity index (χ3n) is 3.76. The minimum absolute atomic E-state index is 0.0332. The smallest absolute Gasteiger partial charge is 0.228 e. The van der Waals surface area contributed by atoms with Crippen LogP contribution >= 0.6 is 34.3 Å². The summed E-state index contributed by atoms with van der Waals surface area (Å²) in [7, 11) is 1.80. The Morgan fingerprint density at radius 3 is 2.69 bits per heavy atom. The normalized spacial score (nSPS) is 10.7. The van der Waals surface area contributed by atoms with Gasteiger partial charge >= 0.3 is 0 Å². The van der Waals surface area contributed by atoms with Gasteiger partial charge in [-0.1, -0.05) is 29.3 Å². The van der Waals surface area contributed by atoms with Crippen LogP contribution in [0.1, 0.15) is 21.1 Å². The third-order valence-corrected chi connectivity index (χ3v) is 5.85. The van der Waals surface area contributed by atoms with Crippen LogP contribution in [0.15, 0.2) is 41.8 Å². The van der Waals surface area contributed by atoms with E-state index in [4.69, 9.17) is 16.3 Å². The Morgan fingerprint density at radius 1 is 1.23 bits per heavy atom. The Kier molecular flexibility index (Phi) is 6.29. The molecule has 26 heavy (non-hydrogen) atoms. The standard InChI is InChI=1S/C19H19ClN2O2S2/c1-13-3-5-15(6-4-13)24-11-18-21-14(12-25-18)9-19(23)22(2)10-16-7-8-17(20)26-16/h3-8,12H,9-11H2,1-2H3. The summed E-state index contributed by atoms with van der Waals surface area (Å²) >= 11 is 8.93. The monoisotopic (exact) mass is 406 g/mol. The number of rotatable bonds is 7. The Balaban J connectivity index is 1.50. The van der Waals surface area contributed by atoms with Crippen LogP contribution in [0.2, 0.25) is 4.34 Å². The van der Waals surface area contributed by atoms with Gasteiger partial charge in [0.25, 0.3) is 0 Å². The van der Waals surface area contributed by atoms with Crippen molar-refractivity contribution in [2.24, 2.45) is 0 Å². The number of benzene rings is 1. The summed E-state index contributed by atoms with van der Waals surface area (Å²) in [5.74, 6) is 0.851. The molecule has 0 saturated heterocycles. The third kappa shape index (κ3) is 5.30. The molecule has 1 aromatic carbocycles. The number of likely N-dealkylation sites (N-methyl/N-ethyl adjacent to an activating group) is 1. The van der Waals surface area contributed by atoms with Crippen LogP contribution in [0, 0.1) is 6.92 Å². The highest BCUT2D eigenvalue weighted by molar-refractivity contribution is 7.16. The van der Waals surface area contributed by atoms with Gasteiger partial charge in [-0.25, -0.2) is 4.98 Å². The fourth-order valence-electron chi connectivity index (χ4n) is 2.32. The lowest BCUT2D eigenvalue weighted by Gasteiger charge is -2.15. The molecule has 0 fully saturated rings. The summed E-state index contributed by atoms with van der Waals surface area (Å²) < 4.78 is 6.47. The van der Waals surface area contributed by atoms with Gasteiger partial charge in [0.05, 0.1) is 23.0 Å². The minimum Gasteiger partial charge on any atom is -0.486 e. The molecule has 7 heteroatoms. The zero-order valence-corrected chi connectivity index (χ0v) is 17.0. The SMILES string of the molecule is Cc1ccc(OCc2nc(CC(=O)N(C)Cc3ccc(Cl)s3)cs2)cc1. The Bertz CT molecular complexity index is 874. The molecular formula is C19H19ClN2O2S2. The van der Waals surface area contributed by atoms with Crippen LogP contribution in [0.25, 0.3) is 0 Å². The highest BCUT2D eigenvalue weighted by Crippen LogP contribution is 2.22. The van der Waals surface area contributed by atoms with Gasteiger partial charge in [-0.15, -0.1) is 22.7 Å². The molecule has 0 bridgehead atoms. The van der Waals surface area contributed by atoms with E-state index >= 15 is 0 Å². The van der Waals surface area contributed by atoms with Gasteiger partial charge in [-0.2, -0.15) is 0 Å². The first-order valence-corrected chi connectivity index (χ1v) is 10.2. The maximum Gasteiger partial charge on any atom is 0.228 e. The van der Waals surface area contributed by atoms with E-state index in [1.807, 2.05) is 48.7 Å². The molecule has 0 saturated carbocycles. The van der Waals surface area contributed by atoms with Crippen molar-refractivity contribution in [3.8, 4) is 5.75 Å². The zero-order valence-electron chi connectivity index (χ0n) is 14.6. The molecule has 0 atom stereocenters. The van der Waals surface area contributed by atoms with Gasteiger partial charge in [0.1, 0.15) is 17.4 Å². The van der Waals surface area contributed by atoms with Crippen molar-refractivity contribution in [3.05, 3.63) is 67.3 Å². The Morgan fingerprint density at radius 2 is 2.00 bits per heavy atom. The fourth-order valence-corrected chi connectivity index (χ4v) is 4.17. The molecule has 3 rings (SSSR count). The summed E-state index contributed by atoms with van der Waals surface area (Å²) in [6.45, 7) is 3.01. The van der Waals surface area contributed by atoms with Crippen LogP contribution < -0.4 is 4.74 Å². The number of carbonyl (C=O) groups excluding carboxylic acids is 1. The molecular weight excluding hydrogens is 388 g/mol. The van der Waals surface area contributed by atoms with Gasteiger partial charge in [-0.05, 0) is 31.2 Å². The maximum atomic E-state index is 12.4. The maximum absolute atomic E-state index is 12.4. The largest absolute Gasteiger partial charge is 0.486 e. The average molecular weight is 407 g/mol. The molecule has 2 heterocycles. The number of hydrogen-bond acceptors (Lipinski definition) is 5. The topological polar surface area (TPSA) is 42.4 Å². The van der Waals surface area contributed by atoms with Crippen molar-refractivity contribution >= 4 is 40.2 Å². The summed E-state index contributed by atoms with van der Waals surface area (Å²) in [5.41, 5.74) is 1.97. The van der Waals surface area contributed by atoms with Crippen LogP contribution in [0.4, 0.5) is 0 Å². The molecule has 0 radical (unpaired) electrons. The van der Waals surface area contributed by atoms with E-state index in [0.29, 0.717) is 13.2 Å². The highest BCUT2D eigenvalue weighted by atomic mass is 35.5. The molecule has 0 aliphatic carbocycles. The zero-order chi connectivity index (χ0) is 18.5. The highest BCUT2D eigenvalue weighted by Gasteiger charge is 2.14. The van der Waals surface area contributed by atoms with Gasteiger partial charge in [0.2, 0.25) is 5.91 Å². The molecule has 136 valence electrons. The summed E-state index contributed by atoms with van der Waals surface area (Å²) in [6.07, 6.45) is 0.288. The molecule has 0 unspecified atom stereocenters. The predicted molar refractivity (Wildman–Crippen MR) is 107 cm³/mol. The predicted octanol–water partition coefficient (Wildman–Crippen LogP) is 4.95. The second kappa shape index (κ2) is 8.66. The first-order valence-electron chi connectivity index (χ1n) is 8.10. The van der Waals surface area contributed by atoms with Crippen LogP contribution in [0.3, 0.4) is 0 Å². The van der Waals surface area contributed by atoms with Gasteiger partial charge < -0.3 is 9.64 Å². The van der Waals surface area contributed by atoms with Gasteiger partial charge in [-0.3, -0.25) is 4.79 Å². The summed E-state index contributed by atoms with van der Waals surface area (Å²) in [4.78, 5) is 19.6. The molecule has 3 aromatic rings. The number of amides is 1. The fraction of sp³-hybridized carbons (Fsp3) is 0.263. The lowest BCUT2D eigenvalue weighted by atomic mass is 10.2. The molecule has 1 amide bonds. The first kappa shape index (κ1) is 18.9. The first-order chi connectivity index (χ1) is 12.5. The number of thiazole rings is 1. The second-order valence-corrected chi connectivity index (χ2v) is 8.71. The number of aryl methyl sites for hydroxylation is 1. The summed E-state index contributed by atoms with van der Waals surface area (Å²) in [5, 5.41) is 2.78. The van der Waals surface area contributed by atoms with Crippen LogP contribution in [-0.4, -0.2) is 22.8 Å². The number of thiophene rings is 1. The number of aromatic nitrogens is 1. The van der Waals surface area contributed by atoms with Crippen molar-refractivity contribution in [2.75, 3.05) is 7.05 Å². The van der Waals surface area contributed by atoms with E-state index in [2.05, 4.69) is 4.98 Å². The molecule has 0 N–H and O–H groups in total. The number of halogens is 1. The van der Waals surface area contributed by atoms with Crippen LogP contribution in [0.5, 0.6) is 5.75 Å². The molecule has 0 aliphatic heterocycles. The minimum atomic E-state index is 0.0332.